The van der Waals surface area contributed by atoms with E-state index in [1.807, 2.05) is 71.6 Å². The molecule has 0 saturated heterocycles. The fourth-order valence-electron chi connectivity index (χ4n) is 5.98. The highest BCUT2D eigenvalue weighted by Crippen LogP contribution is 2.42. The molecule has 0 saturated carbocycles. The molecule has 1 N–H and O–H groups in total. The fraction of sp³-hybridized carbons (Fsp3) is 0. The van der Waals surface area contributed by atoms with Crippen LogP contribution in [0.2, 0.25) is 15.2 Å². The summed E-state index contributed by atoms with van der Waals surface area (Å²) in [5, 5.41) is 6.17. The third-order valence-electron chi connectivity index (χ3n) is 8.28. The maximum Gasteiger partial charge on any atom is 0.139 e. The molecule has 6 nitrogen and oxygen atoms in total. The van der Waals surface area contributed by atoms with Crippen LogP contribution in [0.1, 0.15) is 0 Å². The molecule has 0 spiro atoms. The fourth-order valence-corrected chi connectivity index (χ4v) is 6.50. The summed E-state index contributed by atoms with van der Waals surface area (Å²) in [5.41, 5.74) is 5.32. The Kier molecular flexibility index (Phi) is 8.65. The monoisotopic (exact) mass is 730 g/mol. The van der Waals surface area contributed by atoms with Gasteiger partial charge >= 0.3 is 0 Å². The van der Waals surface area contributed by atoms with Crippen LogP contribution in [0.5, 0.6) is 0 Å². The summed E-state index contributed by atoms with van der Waals surface area (Å²) >= 11 is 19.0. The summed E-state index contributed by atoms with van der Waals surface area (Å²) in [6, 6.07) is 34.8. The summed E-state index contributed by atoms with van der Waals surface area (Å²) in [6.07, 6.45) is 3.28. The molecule has 248 valence electrons. The first-order valence-corrected chi connectivity index (χ1v) is 16.8. The molecule has 0 atom stereocenters. The first kappa shape index (κ1) is 32.5. The van der Waals surface area contributed by atoms with Gasteiger partial charge < -0.3 is 5.32 Å². The lowest BCUT2D eigenvalue weighted by atomic mass is 10.1. The third kappa shape index (κ3) is 6.53. The molecule has 8 aromatic rings. The van der Waals surface area contributed by atoms with Gasteiger partial charge in [0.05, 0.1) is 39.5 Å². The molecule has 4 aromatic heterocycles. The van der Waals surface area contributed by atoms with E-state index in [0.29, 0.717) is 61.0 Å². The van der Waals surface area contributed by atoms with Gasteiger partial charge in [-0.3, -0.25) is 4.90 Å². The van der Waals surface area contributed by atoms with Gasteiger partial charge in [0.2, 0.25) is 0 Å². The molecule has 0 amide bonds. The maximum absolute atomic E-state index is 15.2. The van der Waals surface area contributed by atoms with Crippen molar-refractivity contribution in [1.82, 2.24) is 19.9 Å². The third-order valence-corrected chi connectivity index (χ3v) is 8.96. The summed E-state index contributed by atoms with van der Waals surface area (Å²) in [5.74, 6) is -0.388. The number of pyridine rings is 4. The molecule has 0 aliphatic carbocycles. The molecule has 4 aromatic carbocycles. The van der Waals surface area contributed by atoms with Crippen molar-refractivity contribution in [3.05, 3.63) is 161 Å². The molecule has 0 fully saturated rings. The average Bonchev–Trinajstić information content (AvgIpc) is 3.14. The second kappa shape index (κ2) is 13.6. The van der Waals surface area contributed by atoms with Crippen LogP contribution in [-0.4, -0.2) is 19.9 Å². The zero-order valence-electron chi connectivity index (χ0n) is 26.3. The first-order chi connectivity index (χ1) is 24.8. The zero-order valence-corrected chi connectivity index (χ0v) is 28.6. The minimum Gasteiger partial charge on any atom is -0.355 e. The lowest BCUT2D eigenvalue weighted by molar-refractivity contribution is 0.630. The Morgan fingerprint density at radius 1 is 0.569 bits per heavy atom. The molecule has 0 radical (unpaired) electrons. The number of halogens is 5. The standard InChI is InChI=1S/C40H23Cl3F2N6/c41-23-9-11-31(44)29(17-23)36-21-35(27-5-1-3-7-33(27)49-36)48-25-13-15-47-40(19-25)51(26-14-16-46-39(43)20-26)38-22-37(30-18-24(42)10-12-32(30)45)50-34-8-4-2-6-28(34)38/h1-22H,(H,47,48,49). The lowest BCUT2D eigenvalue weighted by Gasteiger charge is -2.26. The van der Waals surface area contributed by atoms with Crippen LogP contribution in [0.3, 0.4) is 0 Å². The van der Waals surface area contributed by atoms with Gasteiger partial charge in [-0.1, -0.05) is 71.2 Å². The van der Waals surface area contributed by atoms with Gasteiger partial charge in [0.25, 0.3) is 0 Å². The van der Waals surface area contributed by atoms with Gasteiger partial charge in [0.1, 0.15) is 22.6 Å². The van der Waals surface area contributed by atoms with E-state index < -0.39 is 11.6 Å². The van der Waals surface area contributed by atoms with Crippen molar-refractivity contribution < 1.29 is 8.78 Å². The van der Waals surface area contributed by atoms with Gasteiger partial charge in [-0.2, -0.15) is 0 Å². The molecule has 51 heavy (non-hydrogen) atoms. The molecule has 0 aliphatic heterocycles. The van der Waals surface area contributed by atoms with Crippen molar-refractivity contribution in [1.29, 1.82) is 0 Å². The number of benzene rings is 4. The number of hydrogen-bond acceptors (Lipinski definition) is 6. The van der Waals surface area contributed by atoms with E-state index in [9.17, 15) is 0 Å². The number of aromatic nitrogens is 4. The predicted octanol–water partition coefficient (Wildman–Crippen LogP) is 12.4. The summed E-state index contributed by atoms with van der Waals surface area (Å²) in [6.45, 7) is 0. The predicted molar refractivity (Wildman–Crippen MR) is 203 cm³/mol. The zero-order chi connectivity index (χ0) is 35.1. The van der Waals surface area contributed by atoms with E-state index in [1.165, 1.54) is 24.3 Å². The highest BCUT2D eigenvalue weighted by molar-refractivity contribution is 6.31. The summed E-state index contributed by atoms with van der Waals surface area (Å²) < 4.78 is 30.3. The number of hydrogen-bond donors (Lipinski definition) is 1. The van der Waals surface area contributed by atoms with Crippen LogP contribution in [0.25, 0.3) is 44.3 Å². The molecule has 0 aliphatic rings. The normalized spacial score (nSPS) is 11.2. The summed E-state index contributed by atoms with van der Waals surface area (Å²) in [7, 11) is 0. The molecule has 11 heteroatoms. The van der Waals surface area contributed by atoms with Crippen molar-refractivity contribution in [2.75, 3.05) is 10.2 Å². The molecular formula is C40H23Cl3F2N6. The number of para-hydroxylation sites is 2. The van der Waals surface area contributed by atoms with Crippen molar-refractivity contribution in [3.63, 3.8) is 0 Å². The van der Waals surface area contributed by atoms with E-state index >= 15 is 8.78 Å². The van der Waals surface area contributed by atoms with Crippen molar-refractivity contribution in [2.45, 2.75) is 0 Å². The molecular weight excluding hydrogens is 709 g/mol. The van der Waals surface area contributed by atoms with Crippen LogP contribution in [0, 0.1) is 11.6 Å². The van der Waals surface area contributed by atoms with Crippen LogP contribution in [0.4, 0.5) is 37.3 Å². The Balaban J connectivity index is 1.30. The number of rotatable bonds is 7. The van der Waals surface area contributed by atoms with Gasteiger partial charge in [-0.05, 0) is 78.9 Å². The quantitative estimate of drug-likeness (QED) is 0.165. The highest BCUT2D eigenvalue weighted by Gasteiger charge is 2.21. The van der Waals surface area contributed by atoms with E-state index in [2.05, 4.69) is 10.3 Å². The second-order valence-electron chi connectivity index (χ2n) is 11.6. The van der Waals surface area contributed by atoms with Gasteiger partial charge in [0.15, 0.2) is 0 Å². The molecule has 0 unspecified atom stereocenters. The minimum absolute atomic E-state index is 0.252. The largest absolute Gasteiger partial charge is 0.355 e. The van der Waals surface area contributed by atoms with Gasteiger partial charge in [-0.15, -0.1) is 0 Å². The second-order valence-corrected chi connectivity index (χ2v) is 12.8. The highest BCUT2D eigenvalue weighted by atomic mass is 35.5. The van der Waals surface area contributed by atoms with Crippen LogP contribution in [0.15, 0.2) is 134 Å². The Hall–Kier alpha value is -5.67. The number of nitrogens with zero attached hydrogens (tertiary/aromatic N) is 5. The van der Waals surface area contributed by atoms with Crippen molar-refractivity contribution in [3.8, 4) is 22.5 Å². The van der Waals surface area contributed by atoms with Gasteiger partial charge in [-0.25, -0.2) is 28.7 Å². The van der Waals surface area contributed by atoms with Crippen LogP contribution < -0.4 is 10.2 Å². The van der Waals surface area contributed by atoms with E-state index in [1.54, 1.807) is 42.7 Å². The van der Waals surface area contributed by atoms with E-state index in [-0.39, 0.29) is 16.3 Å². The summed E-state index contributed by atoms with van der Waals surface area (Å²) in [4.78, 5) is 20.4. The minimum atomic E-state index is -0.461. The Morgan fingerprint density at radius 2 is 1.18 bits per heavy atom. The Morgan fingerprint density at radius 3 is 1.86 bits per heavy atom. The van der Waals surface area contributed by atoms with Crippen molar-refractivity contribution >= 4 is 85.2 Å². The average molecular weight is 732 g/mol. The molecule has 0 bridgehead atoms. The maximum atomic E-state index is 15.2. The van der Waals surface area contributed by atoms with Crippen LogP contribution >= 0.6 is 34.8 Å². The molecule has 4 heterocycles. The van der Waals surface area contributed by atoms with Crippen LogP contribution in [-0.2, 0) is 0 Å². The first-order valence-electron chi connectivity index (χ1n) is 15.7. The van der Waals surface area contributed by atoms with E-state index in [0.717, 1.165) is 10.8 Å². The SMILES string of the molecule is Fc1ccc(Cl)cc1-c1cc(Nc2ccnc(N(c3ccnc(Cl)c3)c3cc(-c4cc(Cl)ccc4F)nc4ccccc34)c2)c2ccccc2n1. The topological polar surface area (TPSA) is 66.8 Å². The van der Waals surface area contributed by atoms with E-state index in [4.69, 9.17) is 49.8 Å². The number of anilines is 5. The van der Waals surface area contributed by atoms with Gasteiger partial charge in [0, 0.05) is 56.1 Å². The lowest BCUT2D eigenvalue weighted by Crippen LogP contribution is -2.13. The Bertz CT molecular complexity index is 2620. The molecule has 8 rings (SSSR count). The van der Waals surface area contributed by atoms with Crippen molar-refractivity contribution in [2.24, 2.45) is 0 Å². The number of nitrogens with one attached hydrogen (secondary N) is 1. The number of fused-ring (bicyclic) bond motifs is 2. The Labute approximate surface area is 306 Å². The smallest absolute Gasteiger partial charge is 0.139 e.